The predicted molar refractivity (Wildman–Crippen MR) is 75.6 cm³/mol. The molecule has 0 saturated heterocycles. The summed E-state index contributed by atoms with van der Waals surface area (Å²) in [6, 6.07) is 3.39. The summed E-state index contributed by atoms with van der Waals surface area (Å²) in [6.07, 6.45) is 1.80. The van der Waals surface area contributed by atoms with Crippen LogP contribution in [0.3, 0.4) is 0 Å². The average molecular weight is 280 g/mol. The maximum Gasteiger partial charge on any atom is 0.269 e. The van der Waals surface area contributed by atoms with E-state index in [1.165, 1.54) is 0 Å². The number of anilines is 1. The van der Waals surface area contributed by atoms with Crippen LogP contribution in [0.1, 0.15) is 16.9 Å². The van der Waals surface area contributed by atoms with Crippen LogP contribution >= 0.6 is 0 Å². The maximum absolute atomic E-state index is 11.7. The first-order valence-electron chi connectivity index (χ1n) is 6.35. The van der Waals surface area contributed by atoms with Crippen molar-refractivity contribution in [3.63, 3.8) is 0 Å². The Balaban J connectivity index is 2.27. The third kappa shape index (κ3) is 5.66. The first-order valence-corrected chi connectivity index (χ1v) is 6.35. The molecule has 0 saturated carbocycles. The third-order valence-electron chi connectivity index (χ3n) is 2.55. The second kappa shape index (κ2) is 8.87. The van der Waals surface area contributed by atoms with E-state index in [1.54, 1.807) is 32.5 Å². The zero-order chi connectivity index (χ0) is 14.8. The Morgan fingerprint density at radius 2 is 2.05 bits per heavy atom. The van der Waals surface area contributed by atoms with Gasteiger partial charge < -0.3 is 20.7 Å². The number of hydrogen-bond acceptors (Lipinski definition) is 5. The number of amides is 2. The van der Waals surface area contributed by atoms with Gasteiger partial charge in [-0.2, -0.15) is 0 Å². The molecule has 0 aliphatic rings. The Kier molecular flexibility index (Phi) is 7.05. The predicted octanol–water partition coefficient (Wildman–Crippen LogP) is 0.00580. The fraction of sp³-hybridized carbons (Fsp3) is 0.462. The summed E-state index contributed by atoms with van der Waals surface area (Å²) in [7, 11) is 3.34. The number of hydrogen-bond donors (Lipinski definition) is 3. The number of aromatic nitrogens is 1. The van der Waals surface area contributed by atoms with E-state index >= 15 is 0 Å². The van der Waals surface area contributed by atoms with E-state index in [4.69, 9.17) is 4.74 Å². The van der Waals surface area contributed by atoms with E-state index < -0.39 is 0 Å². The molecule has 7 nitrogen and oxygen atoms in total. The lowest BCUT2D eigenvalue weighted by molar-refractivity contribution is -0.121. The summed E-state index contributed by atoms with van der Waals surface area (Å²) in [5.41, 5.74) is 1.16. The van der Waals surface area contributed by atoms with Gasteiger partial charge in [0.2, 0.25) is 5.91 Å². The third-order valence-corrected chi connectivity index (χ3v) is 2.55. The lowest BCUT2D eigenvalue weighted by atomic mass is 10.3. The van der Waals surface area contributed by atoms with Gasteiger partial charge in [0, 0.05) is 33.7 Å². The van der Waals surface area contributed by atoms with Gasteiger partial charge in [-0.1, -0.05) is 0 Å². The molecule has 0 fully saturated rings. The standard InChI is InChI=1S/C13H20N4O3/c1-14-10-3-4-11(17-9-10)13(19)16-6-5-12(18)15-7-8-20-2/h3-4,9,14H,5-8H2,1-2H3,(H,15,18)(H,16,19). The van der Waals surface area contributed by atoms with Crippen LogP contribution in [-0.4, -0.2) is 50.7 Å². The monoisotopic (exact) mass is 280 g/mol. The van der Waals surface area contributed by atoms with Crippen molar-refractivity contribution in [2.45, 2.75) is 6.42 Å². The Hall–Kier alpha value is -2.15. The molecule has 2 amide bonds. The van der Waals surface area contributed by atoms with Crippen LogP contribution in [-0.2, 0) is 9.53 Å². The molecule has 110 valence electrons. The van der Waals surface area contributed by atoms with Gasteiger partial charge in [-0.25, -0.2) is 4.98 Å². The van der Waals surface area contributed by atoms with Crippen molar-refractivity contribution < 1.29 is 14.3 Å². The van der Waals surface area contributed by atoms with Crippen molar-refractivity contribution in [2.24, 2.45) is 0 Å². The van der Waals surface area contributed by atoms with E-state index in [9.17, 15) is 9.59 Å². The van der Waals surface area contributed by atoms with Gasteiger partial charge in [0.25, 0.3) is 5.91 Å². The van der Waals surface area contributed by atoms with Crippen LogP contribution in [0.25, 0.3) is 0 Å². The SMILES string of the molecule is CNc1ccc(C(=O)NCCC(=O)NCCOC)nc1. The molecule has 20 heavy (non-hydrogen) atoms. The fourth-order valence-electron chi connectivity index (χ4n) is 1.44. The first-order chi connectivity index (χ1) is 9.67. The molecular weight excluding hydrogens is 260 g/mol. The van der Waals surface area contributed by atoms with Crippen LogP contribution in [0.2, 0.25) is 0 Å². The first kappa shape index (κ1) is 15.9. The quantitative estimate of drug-likeness (QED) is 0.583. The highest BCUT2D eigenvalue weighted by atomic mass is 16.5. The molecule has 1 aromatic rings. The molecule has 1 heterocycles. The topological polar surface area (TPSA) is 92.4 Å². The largest absolute Gasteiger partial charge is 0.387 e. The summed E-state index contributed by atoms with van der Waals surface area (Å²) >= 11 is 0. The molecule has 1 rings (SSSR count). The number of rotatable bonds is 8. The Morgan fingerprint density at radius 3 is 2.65 bits per heavy atom. The zero-order valence-electron chi connectivity index (χ0n) is 11.7. The van der Waals surface area contributed by atoms with Crippen molar-refractivity contribution in [3.05, 3.63) is 24.0 Å². The van der Waals surface area contributed by atoms with E-state index in [1.807, 2.05) is 0 Å². The summed E-state index contributed by atoms with van der Waals surface area (Å²) in [5, 5.41) is 8.24. The van der Waals surface area contributed by atoms with Crippen LogP contribution in [0, 0.1) is 0 Å². The second-order valence-corrected chi connectivity index (χ2v) is 4.03. The molecule has 0 bridgehead atoms. The Bertz CT molecular complexity index is 434. The van der Waals surface area contributed by atoms with Gasteiger partial charge >= 0.3 is 0 Å². The van der Waals surface area contributed by atoms with Crippen molar-refractivity contribution in [2.75, 3.05) is 39.2 Å². The van der Waals surface area contributed by atoms with Gasteiger partial charge in [-0.3, -0.25) is 9.59 Å². The highest BCUT2D eigenvalue weighted by molar-refractivity contribution is 5.92. The smallest absolute Gasteiger partial charge is 0.269 e. The Morgan fingerprint density at radius 1 is 1.25 bits per heavy atom. The maximum atomic E-state index is 11.7. The molecular formula is C13H20N4O3. The van der Waals surface area contributed by atoms with E-state index in [-0.39, 0.29) is 24.8 Å². The molecule has 3 N–H and O–H groups in total. The Labute approximate surface area is 118 Å². The van der Waals surface area contributed by atoms with Gasteiger partial charge in [0.1, 0.15) is 5.69 Å². The number of carbonyl (C=O) groups excluding carboxylic acids is 2. The molecule has 0 radical (unpaired) electrons. The van der Waals surface area contributed by atoms with Gasteiger partial charge in [0.05, 0.1) is 18.5 Å². The van der Waals surface area contributed by atoms with Crippen LogP contribution in [0.15, 0.2) is 18.3 Å². The van der Waals surface area contributed by atoms with Crippen molar-refractivity contribution in [1.82, 2.24) is 15.6 Å². The number of methoxy groups -OCH3 is 1. The number of pyridine rings is 1. The molecule has 0 aromatic carbocycles. The summed E-state index contributed by atoms with van der Waals surface area (Å²) in [5.74, 6) is -0.418. The minimum absolute atomic E-state index is 0.124. The van der Waals surface area contributed by atoms with Crippen LogP contribution in [0.4, 0.5) is 5.69 Å². The van der Waals surface area contributed by atoms with E-state index in [2.05, 4.69) is 20.9 Å². The lowest BCUT2D eigenvalue weighted by Gasteiger charge is -2.06. The number of nitrogens with one attached hydrogen (secondary N) is 3. The molecule has 0 aliphatic carbocycles. The molecule has 0 atom stereocenters. The molecule has 1 aromatic heterocycles. The summed E-state index contributed by atoms with van der Waals surface area (Å²) in [6.45, 7) is 1.21. The zero-order valence-corrected chi connectivity index (χ0v) is 11.7. The molecule has 0 aliphatic heterocycles. The number of nitrogens with zero attached hydrogens (tertiary/aromatic N) is 1. The minimum Gasteiger partial charge on any atom is -0.387 e. The highest BCUT2D eigenvalue weighted by Gasteiger charge is 2.07. The normalized spacial score (nSPS) is 9.90. The van der Waals surface area contributed by atoms with E-state index in [0.717, 1.165) is 5.69 Å². The van der Waals surface area contributed by atoms with E-state index in [0.29, 0.717) is 18.8 Å². The van der Waals surface area contributed by atoms with Crippen molar-refractivity contribution in [3.8, 4) is 0 Å². The number of ether oxygens (including phenoxy) is 1. The lowest BCUT2D eigenvalue weighted by Crippen LogP contribution is -2.32. The number of carbonyl (C=O) groups is 2. The summed E-state index contributed by atoms with van der Waals surface area (Å²) in [4.78, 5) is 27.1. The van der Waals surface area contributed by atoms with Crippen molar-refractivity contribution in [1.29, 1.82) is 0 Å². The van der Waals surface area contributed by atoms with Gasteiger partial charge in [0.15, 0.2) is 0 Å². The van der Waals surface area contributed by atoms with Crippen LogP contribution < -0.4 is 16.0 Å². The summed E-state index contributed by atoms with van der Waals surface area (Å²) < 4.78 is 4.81. The van der Waals surface area contributed by atoms with Crippen LogP contribution in [0.5, 0.6) is 0 Å². The molecule has 0 unspecified atom stereocenters. The highest BCUT2D eigenvalue weighted by Crippen LogP contribution is 2.04. The fourth-order valence-corrected chi connectivity index (χ4v) is 1.44. The molecule has 7 heteroatoms. The molecule has 0 spiro atoms. The second-order valence-electron chi connectivity index (χ2n) is 4.03. The van der Waals surface area contributed by atoms with Gasteiger partial charge in [-0.15, -0.1) is 0 Å². The average Bonchev–Trinajstić information content (AvgIpc) is 2.47. The minimum atomic E-state index is -0.294. The van der Waals surface area contributed by atoms with Crippen molar-refractivity contribution >= 4 is 17.5 Å². The van der Waals surface area contributed by atoms with Gasteiger partial charge in [-0.05, 0) is 12.1 Å².